The van der Waals surface area contributed by atoms with Gasteiger partial charge in [-0.05, 0) is 62.1 Å². The van der Waals surface area contributed by atoms with Crippen LogP contribution in [0.3, 0.4) is 0 Å². The summed E-state index contributed by atoms with van der Waals surface area (Å²) in [6.07, 6.45) is 0.800. The van der Waals surface area contributed by atoms with E-state index in [9.17, 15) is 24.0 Å². The zero-order valence-corrected chi connectivity index (χ0v) is 26.3. The minimum absolute atomic E-state index is 0.0400. The summed E-state index contributed by atoms with van der Waals surface area (Å²) in [6, 6.07) is 10.7. The summed E-state index contributed by atoms with van der Waals surface area (Å²) in [4.78, 5) is 64.0. The molecule has 2 aromatic carbocycles. The first-order valence-electron chi connectivity index (χ1n) is 14.5. The lowest BCUT2D eigenvalue weighted by Crippen LogP contribution is -2.57. The number of esters is 2. The maximum atomic E-state index is 13.7. The molecule has 1 saturated heterocycles. The number of aliphatic carboxylic acids is 1. The largest absolute Gasteiger partial charge is 0.493 e. The van der Waals surface area contributed by atoms with E-state index in [-0.39, 0.29) is 38.5 Å². The molecular weight excluding hydrogens is 602 g/mol. The van der Waals surface area contributed by atoms with Crippen LogP contribution in [0.25, 0.3) is 0 Å². The van der Waals surface area contributed by atoms with Gasteiger partial charge in [-0.15, -0.1) is 0 Å². The number of hydrogen-bond donors (Lipinski definition) is 1. The summed E-state index contributed by atoms with van der Waals surface area (Å²) in [5, 5.41) is 9.02. The van der Waals surface area contributed by atoms with E-state index in [4.69, 9.17) is 33.5 Å². The molecule has 0 radical (unpaired) electrons. The van der Waals surface area contributed by atoms with E-state index in [2.05, 4.69) is 6.58 Å². The number of carbonyl (C=O) groups is 5. The number of rotatable bonds is 16. The Bertz CT molecular complexity index is 1440. The lowest BCUT2D eigenvalue weighted by molar-refractivity contribution is -0.170. The van der Waals surface area contributed by atoms with E-state index in [1.807, 2.05) is 6.07 Å². The van der Waals surface area contributed by atoms with Gasteiger partial charge in [0.25, 0.3) is 5.91 Å². The Labute approximate surface area is 266 Å². The number of carbonyl (C=O) groups excluding carboxylic acids is 4. The quantitative estimate of drug-likeness (QED) is 0.162. The first kappa shape index (κ1) is 35.6. The minimum Gasteiger partial charge on any atom is -0.493 e. The van der Waals surface area contributed by atoms with E-state index >= 15 is 0 Å². The Morgan fingerprint density at radius 3 is 2.50 bits per heavy atom. The number of carboxylic acid groups (broad SMARTS) is 1. The maximum Gasteiger partial charge on any atom is 0.341 e. The van der Waals surface area contributed by atoms with Crippen LogP contribution in [0.2, 0.25) is 0 Å². The van der Waals surface area contributed by atoms with Crippen molar-refractivity contribution < 1.29 is 57.5 Å². The van der Waals surface area contributed by atoms with Gasteiger partial charge in [0.05, 0.1) is 32.8 Å². The molecule has 1 amide bonds. The van der Waals surface area contributed by atoms with Crippen molar-refractivity contribution in [1.82, 2.24) is 4.90 Å². The summed E-state index contributed by atoms with van der Waals surface area (Å²) >= 11 is 0. The van der Waals surface area contributed by atoms with Gasteiger partial charge in [0.1, 0.15) is 18.5 Å². The third-order valence-corrected chi connectivity index (χ3v) is 7.21. The predicted octanol–water partition coefficient (Wildman–Crippen LogP) is 2.94. The van der Waals surface area contributed by atoms with Crippen molar-refractivity contribution >= 4 is 29.6 Å². The summed E-state index contributed by atoms with van der Waals surface area (Å²) in [7, 11) is 3.05. The number of nitrogens with zero attached hydrogens (tertiary/aromatic N) is 1. The average molecular weight is 642 g/mol. The maximum absolute atomic E-state index is 13.7. The Morgan fingerprint density at radius 2 is 1.83 bits per heavy atom. The molecule has 0 spiro atoms. The fourth-order valence-corrected chi connectivity index (χ4v) is 4.63. The molecule has 2 atom stereocenters. The predicted molar refractivity (Wildman–Crippen MR) is 163 cm³/mol. The van der Waals surface area contributed by atoms with Crippen molar-refractivity contribution in [1.29, 1.82) is 0 Å². The SMILES string of the molecule is C=CC(=O)OCC(C)(C)C(=O)C(=O)N1CCOC[C@H]1C(=O)O[C@H](CCc1ccc(OC)c(OC)c1)c1cccc(OCC(=O)O)c1. The van der Waals surface area contributed by atoms with Crippen LogP contribution in [0, 0.1) is 5.41 Å². The van der Waals surface area contributed by atoms with Crippen molar-refractivity contribution in [2.45, 2.75) is 38.8 Å². The van der Waals surface area contributed by atoms with Crippen LogP contribution in [-0.2, 0) is 44.6 Å². The number of benzene rings is 2. The van der Waals surface area contributed by atoms with E-state index in [1.165, 1.54) is 28.1 Å². The lowest BCUT2D eigenvalue weighted by Gasteiger charge is -2.36. The van der Waals surface area contributed by atoms with Crippen molar-refractivity contribution in [3.63, 3.8) is 0 Å². The fourth-order valence-electron chi connectivity index (χ4n) is 4.63. The number of morpholine rings is 1. The highest BCUT2D eigenvalue weighted by atomic mass is 16.6. The number of amides is 1. The molecule has 13 heteroatoms. The molecular formula is C33H39NO12. The molecule has 2 aromatic rings. The monoisotopic (exact) mass is 641 g/mol. The minimum atomic E-state index is -1.37. The summed E-state index contributed by atoms with van der Waals surface area (Å²) < 4.78 is 32.5. The van der Waals surface area contributed by atoms with Crippen LogP contribution >= 0.6 is 0 Å². The molecule has 1 aliphatic rings. The van der Waals surface area contributed by atoms with Gasteiger partial charge in [-0.2, -0.15) is 0 Å². The van der Waals surface area contributed by atoms with E-state index in [0.29, 0.717) is 23.5 Å². The molecule has 248 valence electrons. The first-order chi connectivity index (χ1) is 21.9. The smallest absolute Gasteiger partial charge is 0.341 e. The third kappa shape index (κ3) is 9.54. The van der Waals surface area contributed by atoms with Gasteiger partial charge in [0.2, 0.25) is 5.78 Å². The molecule has 0 bridgehead atoms. The number of aryl methyl sites for hydroxylation is 1. The van der Waals surface area contributed by atoms with Crippen LogP contribution in [0.5, 0.6) is 17.2 Å². The van der Waals surface area contributed by atoms with Crippen LogP contribution < -0.4 is 14.2 Å². The number of ether oxygens (including phenoxy) is 6. The highest BCUT2D eigenvalue weighted by molar-refractivity contribution is 6.38. The molecule has 1 fully saturated rings. The van der Waals surface area contributed by atoms with Gasteiger partial charge in [-0.25, -0.2) is 14.4 Å². The molecule has 46 heavy (non-hydrogen) atoms. The Morgan fingerprint density at radius 1 is 1.09 bits per heavy atom. The second kappa shape index (κ2) is 16.4. The van der Waals surface area contributed by atoms with Crippen LogP contribution in [-0.4, -0.2) is 92.8 Å². The number of carboxylic acids is 1. The third-order valence-electron chi connectivity index (χ3n) is 7.21. The lowest BCUT2D eigenvalue weighted by atomic mass is 9.88. The molecule has 13 nitrogen and oxygen atoms in total. The van der Waals surface area contributed by atoms with Gasteiger partial charge in [-0.3, -0.25) is 9.59 Å². The van der Waals surface area contributed by atoms with Gasteiger partial charge in [-0.1, -0.05) is 24.8 Å². The van der Waals surface area contributed by atoms with E-state index < -0.39 is 53.8 Å². The molecule has 1 heterocycles. The molecule has 3 rings (SSSR count). The molecule has 1 aliphatic heterocycles. The van der Waals surface area contributed by atoms with Crippen LogP contribution in [0.1, 0.15) is 37.5 Å². The van der Waals surface area contributed by atoms with E-state index in [0.717, 1.165) is 16.5 Å². The van der Waals surface area contributed by atoms with Crippen molar-refractivity contribution in [3.8, 4) is 17.2 Å². The van der Waals surface area contributed by atoms with E-state index in [1.54, 1.807) is 36.4 Å². The molecule has 0 saturated carbocycles. The molecule has 1 N–H and O–H groups in total. The standard InChI is InChI=1S/C33H39NO12/c1-6-29(37)45-20-33(2,3)30(38)31(39)34-14-15-43-18-24(34)32(40)46-25(22-8-7-9-23(17-22)44-19-28(35)36)12-10-21-11-13-26(41-4)27(16-21)42-5/h6-9,11,13,16-17,24-25H,1,10,12,14-15,18-20H2,2-5H3,(H,35,36)/t24-,25+/m0/s1. The number of ketones is 1. The van der Waals surface area contributed by atoms with Crippen LogP contribution in [0.15, 0.2) is 55.1 Å². The number of methoxy groups -OCH3 is 2. The molecule has 0 aromatic heterocycles. The topological polar surface area (TPSA) is 164 Å². The number of Topliss-reactive ketones (excluding diaryl/α,β-unsaturated/α-hetero) is 1. The first-order valence-corrected chi connectivity index (χ1v) is 14.5. The summed E-state index contributed by atoms with van der Waals surface area (Å²) in [6.45, 7) is 5.17. The second-order valence-corrected chi connectivity index (χ2v) is 11.0. The van der Waals surface area contributed by atoms with Crippen molar-refractivity contribution in [3.05, 3.63) is 66.2 Å². The van der Waals surface area contributed by atoms with Gasteiger partial charge < -0.3 is 38.4 Å². The zero-order chi connectivity index (χ0) is 33.9. The fraction of sp³-hybridized carbons (Fsp3) is 0.424. The van der Waals surface area contributed by atoms with Gasteiger partial charge in [0.15, 0.2) is 24.1 Å². The molecule has 0 aliphatic carbocycles. The van der Waals surface area contributed by atoms with Crippen molar-refractivity contribution in [2.24, 2.45) is 5.41 Å². The highest BCUT2D eigenvalue weighted by Crippen LogP contribution is 2.32. The highest BCUT2D eigenvalue weighted by Gasteiger charge is 2.43. The molecule has 0 unspecified atom stereocenters. The Balaban J connectivity index is 1.85. The van der Waals surface area contributed by atoms with Gasteiger partial charge in [0, 0.05) is 12.6 Å². The Hall–Kier alpha value is -4.91. The summed E-state index contributed by atoms with van der Waals surface area (Å²) in [5.41, 5.74) is 0.00764. The normalized spacial score (nSPS) is 15.2. The second-order valence-electron chi connectivity index (χ2n) is 11.0. The summed E-state index contributed by atoms with van der Waals surface area (Å²) in [5.74, 6) is -3.14. The average Bonchev–Trinajstić information content (AvgIpc) is 3.07. The van der Waals surface area contributed by atoms with Crippen molar-refractivity contribution in [2.75, 3.05) is 47.2 Å². The van der Waals surface area contributed by atoms with Gasteiger partial charge >= 0.3 is 17.9 Å². The number of hydrogen-bond acceptors (Lipinski definition) is 11. The zero-order valence-electron chi connectivity index (χ0n) is 26.3. The van der Waals surface area contributed by atoms with Crippen LogP contribution in [0.4, 0.5) is 0 Å². The Kier molecular flexibility index (Phi) is 12.7.